The molecule has 3 rings (SSSR count). The number of piperazine rings is 1. The van der Waals surface area contributed by atoms with E-state index in [9.17, 15) is 4.79 Å². The van der Waals surface area contributed by atoms with Crippen molar-refractivity contribution in [1.82, 2.24) is 9.80 Å². The number of hydrogen-bond donors (Lipinski definition) is 0. The molecule has 0 aromatic heterocycles. The minimum atomic E-state index is -0.109. The van der Waals surface area contributed by atoms with Crippen LogP contribution < -0.4 is 9.64 Å². The molecule has 0 spiro atoms. The number of aldehydes is 1. The van der Waals surface area contributed by atoms with Gasteiger partial charge in [-0.25, -0.2) is 0 Å². The van der Waals surface area contributed by atoms with Gasteiger partial charge in [0.2, 0.25) is 0 Å². The molecule has 144 valence electrons. The van der Waals surface area contributed by atoms with Crippen LogP contribution in [0.2, 0.25) is 5.02 Å². The average molecular weight is 380 g/mol. The minimum Gasteiger partial charge on any atom is -0.495 e. The lowest BCUT2D eigenvalue weighted by Gasteiger charge is -2.48. The van der Waals surface area contributed by atoms with Crippen molar-refractivity contribution >= 4 is 23.6 Å². The van der Waals surface area contributed by atoms with Crippen molar-refractivity contribution < 1.29 is 9.53 Å². The molecule has 1 unspecified atom stereocenters. The quantitative estimate of drug-likeness (QED) is 0.734. The van der Waals surface area contributed by atoms with Gasteiger partial charge in [-0.2, -0.15) is 0 Å². The van der Waals surface area contributed by atoms with Gasteiger partial charge in [-0.15, -0.1) is 0 Å². The number of anilines is 1. The van der Waals surface area contributed by atoms with E-state index in [0.29, 0.717) is 22.9 Å². The molecule has 1 aromatic rings. The molecule has 0 aliphatic carbocycles. The lowest BCUT2D eigenvalue weighted by molar-refractivity contribution is -0.124. The Bertz CT molecular complexity index is 609. The van der Waals surface area contributed by atoms with Crippen LogP contribution in [-0.4, -0.2) is 67.6 Å². The Balaban J connectivity index is 1.66. The Morgan fingerprint density at radius 1 is 1.15 bits per heavy atom. The van der Waals surface area contributed by atoms with Crippen molar-refractivity contribution in [3.8, 4) is 5.75 Å². The highest BCUT2D eigenvalue weighted by Crippen LogP contribution is 2.31. The summed E-state index contributed by atoms with van der Waals surface area (Å²) in [6.07, 6.45) is 4.65. The molecular formula is C20H30ClN3O2. The topological polar surface area (TPSA) is 36.0 Å². The molecule has 2 aliphatic heterocycles. The molecule has 1 aromatic carbocycles. The zero-order valence-electron chi connectivity index (χ0n) is 16.0. The van der Waals surface area contributed by atoms with E-state index in [1.54, 1.807) is 7.11 Å². The van der Waals surface area contributed by atoms with Crippen molar-refractivity contribution in [1.29, 1.82) is 0 Å². The maximum absolute atomic E-state index is 11.9. The van der Waals surface area contributed by atoms with Gasteiger partial charge in [-0.1, -0.05) is 18.0 Å². The van der Waals surface area contributed by atoms with Crippen LogP contribution in [0, 0.1) is 0 Å². The molecular weight excluding hydrogens is 350 g/mol. The Kier molecular flexibility index (Phi) is 6.43. The fourth-order valence-electron chi connectivity index (χ4n) is 4.40. The molecule has 0 radical (unpaired) electrons. The van der Waals surface area contributed by atoms with E-state index in [2.05, 4.69) is 28.5 Å². The van der Waals surface area contributed by atoms with E-state index < -0.39 is 0 Å². The molecule has 0 saturated carbocycles. The Morgan fingerprint density at radius 2 is 1.81 bits per heavy atom. The van der Waals surface area contributed by atoms with Crippen LogP contribution >= 0.6 is 11.6 Å². The van der Waals surface area contributed by atoms with Crippen LogP contribution in [0.25, 0.3) is 0 Å². The lowest BCUT2D eigenvalue weighted by atomic mass is 9.96. The normalized spacial score (nSPS) is 26.5. The molecule has 2 aliphatic rings. The first kappa shape index (κ1) is 19.5. The van der Waals surface area contributed by atoms with Crippen LogP contribution in [0.5, 0.6) is 5.75 Å². The summed E-state index contributed by atoms with van der Waals surface area (Å²) in [5.41, 5.74) is 1.12. The fourth-order valence-corrected chi connectivity index (χ4v) is 4.59. The number of likely N-dealkylation sites (tertiary alicyclic amines) is 1. The second kappa shape index (κ2) is 8.59. The number of benzene rings is 1. The summed E-state index contributed by atoms with van der Waals surface area (Å²) in [4.78, 5) is 19.0. The third kappa shape index (κ3) is 4.00. The summed E-state index contributed by atoms with van der Waals surface area (Å²) in [6.45, 7) is 8.05. The monoisotopic (exact) mass is 379 g/mol. The van der Waals surface area contributed by atoms with Crippen molar-refractivity contribution in [2.75, 3.05) is 38.2 Å². The number of carbonyl (C=O) groups excluding carboxylic acids is 1. The van der Waals surface area contributed by atoms with E-state index in [1.165, 1.54) is 19.3 Å². The van der Waals surface area contributed by atoms with Crippen molar-refractivity contribution in [3.05, 3.63) is 23.2 Å². The standard InChI is InChI=1S/C20H30ClN3O2/c1-15-5-4-6-16(2)24(15)20(14-25)23-11-9-22(10-12-23)17-7-8-18(21)19(13-17)26-3/h7-8,13-16,20H,4-6,9-12H2,1-3H3/t15-,16+,20?. The van der Waals surface area contributed by atoms with Crippen LogP contribution in [0.1, 0.15) is 33.1 Å². The number of methoxy groups -OCH3 is 1. The predicted octanol–water partition coefficient (Wildman–Crippen LogP) is 3.26. The Hall–Kier alpha value is -1.30. The Morgan fingerprint density at radius 3 is 2.38 bits per heavy atom. The van der Waals surface area contributed by atoms with Gasteiger partial charge in [-0.05, 0) is 38.8 Å². The summed E-state index contributed by atoms with van der Waals surface area (Å²) in [5.74, 6) is 0.702. The van der Waals surface area contributed by atoms with Crippen LogP contribution in [-0.2, 0) is 4.79 Å². The number of piperidine rings is 1. The van der Waals surface area contributed by atoms with Gasteiger partial charge < -0.3 is 14.4 Å². The summed E-state index contributed by atoms with van der Waals surface area (Å²) in [6, 6.07) is 6.84. The number of hydrogen-bond acceptors (Lipinski definition) is 5. The highest BCUT2D eigenvalue weighted by Gasteiger charge is 2.35. The van der Waals surface area contributed by atoms with Gasteiger partial charge in [-0.3, -0.25) is 9.80 Å². The highest BCUT2D eigenvalue weighted by molar-refractivity contribution is 6.32. The molecule has 5 nitrogen and oxygen atoms in total. The molecule has 2 heterocycles. The second-order valence-electron chi connectivity index (χ2n) is 7.47. The maximum atomic E-state index is 11.9. The van der Waals surface area contributed by atoms with Gasteiger partial charge >= 0.3 is 0 Å². The molecule has 0 N–H and O–H groups in total. The maximum Gasteiger partial charge on any atom is 0.151 e. The van der Waals surface area contributed by atoms with E-state index in [-0.39, 0.29) is 6.17 Å². The summed E-state index contributed by atoms with van der Waals surface area (Å²) < 4.78 is 5.33. The van der Waals surface area contributed by atoms with E-state index in [4.69, 9.17) is 16.3 Å². The van der Waals surface area contributed by atoms with Gasteiger partial charge in [0.15, 0.2) is 6.29 Å². The summed E-state index contributed by atoms with van der Waals surface area (Å²) in [7, 11) is 1.64. The van der Waals surface area contributed by atoms with Crippen molar-refractivity contribution in [2.45, 2.75) is 51.4 Å². The van der Waals surface area contributed by atoms with Gasteiger partial charge in [0.05, 0.1) is 12.1 Å². The van der Waals surface area contributed by atoms with Gasteiger partial charge in [0, 0.05) is 50.0 Å². The largest absolute Gasteiger partial charge is 0.495 e. The van der Waals surface area contributed by atoms with E-state index in [0.717, 1.165) is 38.2 Å². The van der Waals surface area contributed by atoms with Crippen molar-refractivity contribution in [3.63, 3.8) is 0 Å². The minimum absolute atomic E-state index is 0.109. The zero-order valence-corrected chi connectivity index (χ0v) is 16.8. The Labute approximate surface area is 161 Å². The molecule has 3 atom stereocenters. The molecule has 2 saturated heterocycles. The van der Waals surface area contributed by atoms with Gasteiger partial charge in [0.1, 0.15) is 11.9 Å². The van der Waals surface area contributed by atoms with Gasteiger partial charge in [0.25, 0.3) is 0 Å². The summed E-state index contributed by atoms with van der Waals surface area (Å²) >= 11 is 6.14. The van der Waals surface area contributed by atoms with Crippen LogP contribution in [0.3, 0.4) is 0 Å². The lowest BCUT2D eigenvalue weighted by Crippen LogP contribution is -2.61. The van der Waals surface area contributed by atoms with Crippen LogP contribution in [0.15, 0.2) is 18.2 Å². The number of carbonyl (C=O) groups is 1. The second-order valence-corrected chi connectivity index (χ2v) is 7.87. The molecule has 0 amide bonds. The fraction of sp³-hybridized carbons (Fsp3) is 0.650. The molecule has 26 heavy (non-hydrogen) atoms. The van der Waals surface area contributed by atoms with E-state index in [1.807, 2.05) is 18.2 Å². The van der Waals surface area contributed by atoms with Crippen LogP contribution in [0.4, 0.5) is 5.69 Å². The average Bonchev–Trinajstić information content (AvgIpc) is 2.65. The third-order valence-corrected chi connectivity index (χ3v) is 6.19. The van der Waals surface area contributed by atoms with E-state index >= 15 is 0 Å². The van der Waals surface area contributed by atoms with Crippen molar-refractivity contribution in [2.24, 2.45) is 0 Å². The number of ether oxygens (including phenoxy) is 1. The summed E-state index contributed by atoms with van der Waals surface area (Å²) in [5, 5.41) is 0.629. The SMILES string of the molecule is COc1cc(N2CCN(C(C=O)N3[C@H](C)CCC[C@@H]3C)CC2)ccc1Cl. The molecule has 0 bridgehead atoms. The number of halogens is 1. The first-order valence-electron chi connectivity index (χ1n) is 9.60. The first-order chi connectivity index (χ1) is 12.5. The predicted molar refractivity (Wildman–Crippen MR) is 106 cm³/mol. The zero-order chi connectivity index (χ0) is 18.7. The molecule has 2 fully saturated rings. The smallest absolute Gasteiger partial charge is 0.151 e. The number of nitrogens with zero attached hydrogens (tertiary/aromatic N) is 3. The third-order valence-electron chi connectivity index (χ3n) is 5.88. The molecule has 6 heteroatoms. The number of rotatable bonds is 5. The first-order valence-corrected chi connectivity index (χ1v) is 9.98. The highest BCUT2D eigenvalue weighted by atomic mass is 35.5.